The molecule has 0 fully saturated rings. The lowest BCUT2D eigenvalue weighted by Gasteiger charge is -2.05. The summed E-state index contributed by atoms with van der Waals surface area (Å²) < 4.78 is 10.7. The highest BCUT2D eigenvalue weighted by Gasteiger charge is 2.12. The van der Waals surface area contributed by atoms with Crippen molar-refractivity contribution in [2.24, 2.45) is 0 Å². The molecule has 0 N–H and O–H groups in total. The van der Waals surface area contributed by atoms with Crippen molar-refractivity contribution >= 4 is 17.3 Å². The molecule has 0 amide bonds. The SMILES string of the molecule is N#Cc1ccc(-c2ccc(OC(=O)Cc3csc(-c4ccco4)n3)cc2)cc1. The number of carbonyl (C=O) groups is 1. The van der Waals surface area contributed by atoms with Crippen molar-refractivity contribution in [2.75, 3.05) is 0 Å². The Kier molecular flexibility index (Phi) is 5.00. The molecule has 136 valence electrons. The highest BCUT2D eigenvalue weighted by atomic mass is 32.1. The summed E-state index contributed by atoms with van der Waals surface area (Å²) in [6, 6.07) is 20.3. The average Bonchev–Trinajstić information content (AvgIpc) is 3.40. The minimum Gasteiger partial charge on any atom is -0.462 e. The summed E-state index contributed by atoms with van der Waals surface area (Å²) in [6.45, 7) is 0. The number of aromatic nitrogens is 1. The van der Waals surface area contributed by atoms with Gasteiger partial charge >= 0.3 is 5.97 Å². The molecule has 0 spiro atoms. The van der Waals surface area contributed by atoms with Crippen molar-refractivity contribution in [3.05, 3.63) is 83.6 Å². The van der Waals surface area contributed by atoms with E-state index in [0.717, 1.165) is 16.1 Å². The zero-order chi connectivity index (χ0) is 19.3. The number of benzene rings is 2. The molecule has 0 bridgehead atoms. The molecule has 0 radical (unpaired) electrons. The Morgan fingerprint density at radius 1 is 1.07 bits per heavy atom. The predicted molar refractivity (Wildman–Crippen MR) is 106 cm³/mol. The number of nitriles is 1. The molecule has 0 aliphatic heterocycles. The Balaban J connectivity index is 1.38. The van der Waals surface area contributed by atoms with Crippen LogP contribution in [-0.4, -0.2) is 11.0 Å². The summed E-state index contributed by atoms with van der Waals surface area (Å²) in [4.78, 5) is 16.6. The maximum atomic E-state index is 12.2. The standard InChI is InChI=1S/C22H14N2O3S/c23-13-15-3-5-16(6-4-15)17-7-9-19(10-8-17)27-21(25)12-18-14-28-22(24-18)20-2-1-11-26-20/h1-11,14H,12H2. The second kappa shape index (κ2) is 7.91. The van der Waals surface area contributed by atoms with Crippen molar-refractivity contribution in [1.29, 1.82) is 5.26 Å². The lowest BCUT2D eigenvalue weighted by atomic mass is 10.0. The molecule has 6 heteroatoms. The van der Waals surface area contributed by atoms with Gasteiger partial charge in [0.05, 0.1) is 30.0 Å². The number of hydrogen-bond donors (Lipinski definition) is 0. The topological polar surface area (TPSA) is 76.1 Å². The van der Waals surface area contributed by atoms with Gasteiger partial charge in [-0.05, 0) is 47.5 Å². The van der Waals surface area contributed by atoms with Gasteiger partial charge in [-0.15, -0.1) is 11.3 Å². The van der Waals surface area contributed by atoms with Crippen molar-refractivity contribution < 1.29 is 13.9 Å². The van der Waals surface area contributed by atoms with Crippen LogP contribution in [0.25, 0.3) is 21.9 Å². The highest BCUT2D eigenvalue weighted by molar-refractivity contribution is 7.13. The van der Waals surface area contributed by atoms with Crippen molar-refractivity contribution in [2.45, 2.75) is 6.42 Å². The summed E-state index contributed by atoms with van der Waals surface area (Å²) in [5.74, 6) is 0.786. The van der Waals surface area contributed by atoms with Gasteiger partial charge < -0.3 is 9.15 Å². The van der Waals surface area contributed by atoms with Crippen molar-refractivity contribution in [3.8, 4) is 33.7 Å². The molecule has 4 aromatic rings. The quantitative estimate of drug-likeness (QED) is 0.353. The van der Waals surface area contributed by atoms with E-state index in [1.807, 2.05) is 35.7 Å². The van der Waals surface area contributed by atoms with Gasteiger partial charge in [-0.3, -0.25) is 4.79 Å². The Morgan fingerprint density at radius 2 is 1.79 bits per heavy atom. The van der Waals surface area contributed by atoms with E-state index >= 15 is 0 Å². The van der Waals surface area contributed by atoms with E-state index < -0.39 is 0 Å². The Bertz CT molecular complexity index is 1120. The van der Waals surface area contributed by atoms with Gasteiger partial charge in [0.15, 0.2) is 10.8 Å². The van der Waals surface area contributed by atoms with Crippen LogP contribution in [0.2, 0.25) is 0 Å². The number of esters is 1. The molecule has 2 heterocycles. The Hall–Kier alpha value is -3.69. The van der Waals surface area contributed by atoms with Crippen molar-refractivity contribution in [1.82, 2.24) is 4.98 Å². The van der Waals surface area contributed by atoms with Crippen LogP contribution in [0.4, 0.5) is 0 Å². The Labute approximate surface area is 165 Å². The first-order valence-electron chi connectivity index (χ1n) is 8.51. The lowest BCUT2D eigenvalue weighted by molar-refractivity contribution is -0.133. The van der Waals surface area contributed by atoms with E-state index in [1.165, 1.54) is 11.3 Å². The van der Waals surface area contributed by atoms with E-state index in [1.54, 1.807) is 36.6 Å². The number of furan rings is 1. The highest BCUT2D eigenvalue weighted by Crippen LogP contribution is 2.25. The molecule has 0 aliphatic rings. The zero-order valence-corrected chi connectivity index (χ0v) is 15.5. The van der Waals surface area contributed by atoms with Crippen LogP contribution < -0.4 is 4.74 Å². The molecule has 4 rings (SSSR count). The first-order valence-corrected chi connectivity index (χ1v) is 9.39. The van der Waals surface area contributed by atoms with E-state index in [0.29, 0.717) is 22.8 Å². The molecule has 2 aromatic carbocycles. The normalized spacial score (nSPS) is 10.4. The van der Waals surface area contributed by atoms with Gasteiger partial charge in [-0.25, -0.2) is 4.98 Å². The molecule has 28 heavy (non-hydrogen) atoms. The van der Waals surface area contributed by atoms with Gasteiger partial charge in [0.2, 0.25) is 0 Å². The lowest BCUT2D eigenvalue weighted by Crippen LogP contribution is -2.11. The van der Waals surface area contributed by atoms with E-state index in [2.05, 4.69) is 11.1 Å². The molecule has 0 unspecified atom stereocenters. The number of thiazole rings is 1. The maximum absolute atomic E-state index is 12.2. The molecular formula is C22H14N2O3S. The first-order chi connectivity index (χ1) is 13.7. The van der Waals surface area contributed by atoms with Gasteiger partial charge in [0.25, 0.3) is 0 Å². The number of hydrogen-bond acceptors (Lipinski definition) is 6. The fraction of sp³-hybridized carbons (Fsp3) is 0.0455. The number of carbonyl (C=O) groups excluding carboxylic acids is 1. The van der Waals surface area contributed by atoms with Gasteiger partial charge in [0.1, 0.15) is 5.75 Å². The van der Waals surface area contributed by atoms with Crippen LogP contribution in [0.15, 0.2) is 76.7 Å². The third-order valence-corrected chi connectivity index (χ3v) is 4.95. The molecule has 0 aliphatic carbocycles. The summed E-state index contributed by atoms with van der Waals surface area (Å²) in [5, 5.41) is 11.4. The third-order valence-electron chi connectivity index (χ3n) is 4.04. The van der Waals surface area contributed by atoms with Gasteiger partial charge in [0, 0.05) is 5.38 Å². The fourth-order valence-electron chi connectivity index (χ4n) is 2.67. The molecule has 2 aromatic heterocycles. The molecule has 0 saturated carbocycles. The molecule has 0 saturated heterocycles. The third kappa shape index (κ3) is 4.00. The van der Waals surface area contributed by atoms with Crippen LogP contribution in [0.5, 0.6) is 5.75 Å². The number of nitrogens with zero attached hydrogens (tertiary/aromatic N) is 2. The van der Waals surface area contributed by atoms with Crippen LogP contribution in [0.1, 0.15) is 11.3 Å². The van der Waals surface area contributed by atoms with Crippen LogP contribution >= 0.6 is 11.3 Å². The minimum atomic E-state index is -0.373. The monoisotopic (exact) mass is 386 g/mol. The summed E-state index contributed by atoms with van der Waals surface area (Å²) in [6.07, 6.45) is 1.68. The van der Waals surface area contributed by atoms with Gasteiger partial charge in [-0.1, -0.05) is 24.3 Å². The van der Waals surface area contributed by atoms with Crippen LogP contribution in [-0.2, 0) is 11.2 Å². The largest absolute Gasteiger partial charge is 0.462 e. The second-order valence-corrected chi connectivity index (χ2v) is 6.84. The van der Waals surface area contributed by atoms with E-state index in [9.17, 15) is 4.79 Å². The average molecular weight is 386 g/mol. The first kappa shape index (κ1) is 17.7. The summed E-state index contributed by atoms with van der Waals surface area (Å²) in [7, 11) is 0. The Morgan fingerprint density at radius 3 is 2.43 bits per heavy atom. The number of rotatable bonds is 5. The molecule has 5 nitrogen and oxygen atoms in total. The second-order valence-electron chi connectivity index (χ2n) is 5.99. The summed E-state index contributed by atoms with van der Waals surface area (Å²) >= 11 is 1.42. The van der Waals surface area contributed by atoms with E-state index in [-0.39, 0.29) is 12.4 Å². The maximum Gasteiger partial charge on any atom is 0.317 e. The van der Waals surface area contributed by atoms with E-state index in [4.69, 9.17) is 14.4 Å². The summed E-state index contributed by atoms with van der Waals surface area (Å²) in [5.41, 5.74) is 3.24. The molecule has 0 atom stereocenters. The minimum absolute atomic E-state index is 0.0918. The predicted octanol–water partition coefficient (Wildman–Crippen LogP) is 5.09. The van der Waals surface area contributed by atoms with Crippen molar-refractivity contribution in [3.63, 3.8) is 0 Å². The van der Waals surface area contributed by atoms with Gasteiger partial charge in [-0.2, -0.15) is 5.26 Å². The zero-order valence-electron chi connectivity index (χ0n) is 14.7. The molecular weight excluding hydrogens is 372 g/mol. The number of ether oxygens (including phenoxy) is 1. The van der Waals surface area contributed by atoms with Crippen LogP contribution in [0.3, 0.4) is 0 Å². The fourth-order valence-corrected chi connectivity index (χ4v) is 3.46. The smallest absolute Gasteiger partial charge is 0.317 e. The van der Waals surface area contributed by atoms with Crippen LogP contribution in [0, 0.1) is 11.3 Å².